The maximum absolute atomic E-state index is 5.47. The lowest BCUT2D eigenvalue weighted by atomic mass is 10.2. The lowest BCUT2D eigenvalue weighted by molar-refractivity contribution is 0.610. The van der Waals surface area contributed by atoms with Crippen LogP contribution in [-0.2, 0) is 0 Å². The van der Waals surface area contributed by atoms with Crippen molar-refractivity contribution in [3.05, 3.63) is 24.6 Å². The highest BCUT2D eigenvalue weighted by molar-refractivity contribution is 9.09. The number of halogens is 1. The van der Waals surface area contributed by atoms with E-state index in [-0.39, 0.29) is 0 Å². The van der Waals surface area contributed by atoms with Crippen molar-refractivity contribution in [2.75, 3.05) is 16.8 Å². The van der Waals surface area contributed by atoms with Crippen LogP contribution < -0.4 is 4.90 Å². The predicted molar refractivity (Wildman–Crippen MR) is 77.4 cm³/mol. The Bertz CT molecular complexity index is 519. The SMILES string of the molecule is BrCCN(c1nccc2occc12)C1CCCC1. The van der Waals surface area contributed by atoms with E-state index in [0.717, 1.165) is 28.7 Å². The molecule has 2 heterocycles. The minimum atomic E-state index is 0.635. The monoisotopic (exact) mass is 308 g/mol. The number of alkyl halides is 1. The van der Waals surface area contributed by atoms with E-state index in [9.17, 15) is 0 Å². The van der Waals surface area contributed by atoms with Crippen LogP contribution in [-0.4, -0.2) is 22.9 Å². The molecule has 0 spiro atoms. The van der Waals surface area contributed by atoms with E-state index in [2.05, 4.69) is 25.8 Å². The summed E-state index contributed by atoms with van der Waals surface area (Å²) in [4.78, 5) is 7.03. The zero-order valence-electron chi connectivity index (χ0n) is 10.3. The van der Waals surface area contributed by atoms with Gasteiger partial charge in [-0.25, -0.2) is 4.98 Å². The molecule has 0 radical (unpaired) electrons. The summed E-state index contributed by atoms with van der Waals surface area (Å²) < 4.78 is 5.47. The third-order valence-corrected chi connectivity index (χ3v) is 4.08. The zero-order chi connectivity index (χ0) is 12.4. The number of aromatic nitrogens is 1. The van der Waals surface area contributed by atoms with Gasteiger partial charge in [-0.15, -0.1) is 0 Å². The summed E-state index contributed by atoms with van der Waals surface area (Å²) >= 11 is 3.56. The Kier molecular flexibility index (Phi) is 3.55. The van der Waals surface area contributed by atoms with E-state index in [4.69, 9.17) is 4.42 Å². The molecule has 0 aliphatic heterocycles. The Hall–Kier alpha value is -1.03. The van der Waals surface area contributed by atoms with Gasteiger partial charge in [0.05, 0.1) is 11.6 Å². The van der Waals surface area contributed by atoms with Gasteiger partial charge in [0.2, 0.25) is 0 Å². The summed E-state index contributed by atoms with van der Waals surface area (Å²) in [5, 5.41) is 2.10. The molecule has 2 aromatic heterocycles. The van der Waals surface area contributed by atoms with Crippen molar-refractivity contribution in [2.24, 2.45) is 0 Å². The Morgan fingerprint density at radius 2 is 2.17 bits per heavy atom. The van der Waals surface area contributed by atoms with Crippen LogP contribution in [0.25, 0.3) is 11.0 Å². The number of anilines is 1. The normalized spacial score (nSPS) is 16.5. The van der Waals surface area contributed by atoms with Gasteiger partial charge in [-0.05, 0) is 25.0 Å². The van der Waals surface area contributed by atoms with Gasteiger partial charge in [-0.3, -0.25) is 0 Å². The number of hydrogen-bond acceptors (Lipinski definition) is 3. The van der Waals surface area contributed by atoms with Gasteiger partial charge in [0, 0.05) is 24.1 Å². The van der Waals surface area contributed by atoms with Crippen LogP contribution in [0.2, 0.25) is 0 Å². The molecule has 3 rings (SSSR count). The Labute approximate surface area is 115 Å². The lowest BCUT2D eigenvalue weighted by Crippen LogP contribution is -2.35. The molecule has 0 saturated heterocycles. The van der Waals surface area contributed by atoms with Crippen LogP contribution in [0.5, 0.6) is 0 Å². The van der Waals surface area contributed by atoms with Crippen molar-refractivity contribution in [3.63, 3.8) is 0 Å². The second-order valence-corrected chi connectivity index (χ2v) is 5.58. The molecule has 3 nitrogen and oxygen atoms in total. The van der Waals surface area contributed by atoms with E-state index >= 15 is 0 Å². The van der Waals surface area contributed by atoms with Crippen LogP contribution in [0, 0.1) is 0 Å². The molecule has 4 heteroatoms. The van der Waals surface area contributed by atoms with E-state index < -0.39 is 0 Å². The van der Waals surface area contributed by atoms with Crippen molar-refractivity contribution < 1.29 is 4.42 Å². The van der Waals surface area contributed by atoms with Crippen LogP contribution >= 0.6 is 15.9 Å². The zero-order valence-corrected chi connectivity index (χ0v) is 11.9. The molecule has 18 heavy (non-hydrogen) atoms. The summed E-state index contributed by atoms with van der Waals surface area (Å²) in [6, 6.07) is 4.59. The van der Waals surface area contributed by atoms with Gasteiger partial charge in [0.1, 0.15) is 11.4 Å². The lowest BCUT2D eigenvalue weighted by Gasteiger charge is -2.29. The summed E-state index contributed by atoms with van der Waals surface area (Å²) in [5.74, 6) is 1.08. The van der Waals surface area contributed by atoms with E-state index in [1.54, 1.807) is 6.26 Å². The van der Waals surface area contributed by atoms with E-state index in [1.807, 2.05) is 18.3 Å². The number of furan rings is 1. The Balaban J connectivity index is 2.00. The molecule has 0 bridgehead atoms. The van der Waals surface area contributed by atoms with Gasteiger partial charge < -0.3 is 9.32 Å². The van der Waals surface area contributed by atoms with Crippen molar-refractivity contribution in [2.45, 2.75) is 31.7 Å². The maximum atomic E-state index is 5.47. The fraction of sp³-hybridized carbons (Fsp3) is 0.500. The highest BCUT2D eigenvalue weighted by atomic mass is 79.9. The van der Waals surface area contributed by atoms with Crippen LogP contribution in [0.4, 0.5) is 5.82 Å². The van der Waals surface area contributed by atoms with Crippen molar-refractivity contribution in [1.82, 2.24) is 4.98 Å². The molecule has 0 unspecified atom stereocenters. The maximum Gasteiger partial charge on any atom is 0.139 e. The molecular formula is C14H17BrN2O. The number of hydrogen-bond donors (Lipinski definition) is 0. The molecule has 2 aromatic rings. The first-order valence-electron chi connectivity index (χ1n) is 6.55. The quantitative estimate of drug-likeness (QED) is 0.800. The molecule has 0 atom stereocenters. The first-order valence-corrected chi connectivity index (χ1v) is 7.67. The van der Waals surface area contributed by atoms with Crippen LogP contribution in [0.15, 0.2) is 29.0 Å². The fourth-order valence-corrected chi connectivity index (χ4v) is 3.26. The molecule has 0 amide bonds. The average Bonchev–Trinajstić information content (AvgIpc) is 3.06. The van der Waals surface area contributed by atoms with Gasteiger partial charge in [-0.1, -0.05) is 28.8 Å². The summed E-state index contributed by atoms with van der Waals surface area (Å²) in [7, 11) is 0. The third kappa shape index (κ3) is 2.14. The second kappa shape index (κ2) is 5.31. The van der Waals surface area contributed by atoms with Crippen molar-refractivity contribution >= 4 is 32.7 Å². The molecule has 1 aliphatic rings. The average molecular weight is 309 g/mol. The molecule has 1 saturated carbocycles. The predicted octanol–water partition coefficient (Wildman–Crippen LogP) is 3.97. The summed E-state index contributed by atoms with van der Waals surface area (Å²) in [5.41, 5.74) is 0.928. The van der Waals surface area contributed by atoms with Crippen LogP contribution in [0.3, 0.4) is 0 Å². The van der Waals surface area contributed by atoms with Gasteiger partial charge >= 0.3 is 0 Å². The minimum absolute atomic E-state index is 0.635. The summed E-state index contributed by atoms with van der Waals surface area (Å²) in [6.45, 7) is 1.00. The standard InChI is InChI=1S/C14H17BrN2O/c15-7-9-17(11-3-1-2-4-11)14-12-6-10-18-13(12)5-8-16-14/h5-6,8,10-11H,1-4,7,9H2. The molecule has 0 N–H and O–H groups in total. The van der Waals surface area contributed by atoms with Crippen molar-refractivity contribution in [1.29, 1.82) is 0 Å². The highest BCUT2D eigenvalue weighted by Crippen LogP contribution is 2.31. The first kappa shape index (κ1) is 12.0. The van der Waals surface area contributed by atoms with E-state index in [1.165, 1.54) is 25.7 Å². The molecular weight excluding hydrogens is 292 g/mol. The molecule has 1 fully saturated rings. The Morgan fingerprint density at radius 3 is 2.94 bits per heavy atom. The van der Waals surface area contributed by atoms with Gasteiger partial charge in [0.15, 0.2) is 0 Å². The van der Waals surface area contributed by atoms with Gasteiger partial charge in [-0.2, -0.15) is 0 Å². The molecule has 0 aromatic carbocycles. The number of nitrogens with zero attached hydrogens (tertiary/aromatic N) is 2. The smallest absolute Gasteiger partial charge is 0.139 e. The third-order valence-electron chi connectivity index (χ3n) is 3.72. The topological polar surface area (TPSA) is 29.3 Å². The van der Waals surface area contributed by atoms with Crippen molar-refractivity contribution in [3.8, 4) is 0 Å². The van der Waals surface area contributed by atoms with E-state index in [0.29, 0.717) is 6.04 Å². The highest BCUT2D eigenvalue weighted by Gasteiger charge is 2.24. The Morgan fingerprint density at radius 1 is 1.33 bits per heavy atom. The van der Waals surface area contributed by atoms with Gasteiger partial charge in [0.25, 0.3) is 0 Å². The molecule has 1 aliphatic carbocycles. The minimum Gasteiger partial charge on any atom is -0.464 e. The fourth-order valence-electron chi connectivity index (χ4n) is 2.88. The number of pyridine rings is 1. The largest absolute Gasteiger partial charge is 0.464 e. The molecule has 96 valence electrons. The summed E-state index contributed by atoms with van der Waals surface area (Å²) in [6.07, 6.45) is 8.83. The first-order chi connectivity index (χ1) is 8.90. The van der Waals surface area contributed by atoms with Crippen LogP contribution in [0.1, 0.15) is 25.7 Å². The number of fused-ring (bicyclic) bond motifs is 1. The second-order valence-electron chi connectivity index (χ2n) is 4.79. The number of rotatable bonds is 4.